The zero-order valence-corrected chi connectivity index (χ0v) is 7.78. The van der Waals surface area contributed by atoms with Crippen molar-refractivity contribution in [2.75, 3.05) is 33.7 Å². The molecule has 0 aromatic carbocycles. The average Bonchev–Trinajstić information content (AvgIpc) is 2.01. The Kier molecular flexibility index (Phi) is 7.23. The smallest absolute Gasteiger partial charge is 0.0599 e. The van der Waals surface area contributed by atoms with Crippen molar-refractivity contribution in [2.24, 2.45) is 0 Å². The summed E-state index contributed by atoms with van der Waals surface area (Å²) >= 11 is 0. The van der Waals surface area contributed by atoms with Gasteiger partial charge < -0.3 is 5.32 Å². The van der Waals surface area contributed by atoms with Crippen LogP contribution in [0.4, 0.5) is 0 Å². The standard InChI is InChI=1S/C9H18N2/c1-4-5-6-8-11(3)9-7-10-2/h10H,4,7-9H2,1-3H3. The highest BCUT2D eigenvalue weighted by atomic mass is 15.1. The summed E-state index contributed by atoms with van der Waals surface area (Å²) < 4.78 is 0. The molecule has 64 valence electrons. The lowest BCUT2D eigenvalue weighted by Crippen LogP contribution is -2.27. The fourth-order valence-corrected chi connectivity index (χ4v) is 0.698. The molecule has 0 saturated heterocycles. The van der Waals surface area contributed by atoms with E-state index in [-0.39, 0.29) is 0 Å². The molecule has 2 heteroatoms. The molecule has 0 radical (unpaired) electrons. The Morgan fingerprint density at radius 1 is 1.36 bits per heavy atom. The van der Waals surface area contributed by atoms with E-state index in [0.29, 0.717) is 0 Å². The van der Waals surface area contributed by atoms with E-state index in [0.717, 1.165) is 26.1 Å². The van der Waals surface area contributed by atoms with E-state index in [1.807, 2.05) is 7.05 Å². The molecular weight excluding hydrogens is 136 g/mol. The number of hydrogen-bond donors (Lipinski definition) is 1. The van der Waals surface area contributed by atoms with E-state index in [4.69, 9.17) is 0 Å². The lowest BCUT2D eigenvalue weighted by atomic mass is 10.4. The van der Waals surface area contributed by atoms with Crippen LogP contribution in [-0.4, -0.2) is 38.6 Å². The van der Waals surface area contributed by atoms with Gasteiger partial charge in [-0.25, -0.2) is 0 Å². The lowest BCUT2D eigenvalue weighted by molar-refractivity contribution is 0.376. The summed E-state index contributed by atoms with van der Waals surface area (Å²) in [5.41, 5.74) is 0. The first-order chi connectivity index (χ1) is 5.31. The van der Waals surface area contributed by atoms with Crippen molar-refractivity contribution in [3.05, 3.63) is 0 Å². The molecule has 0 atom stereocenters. The molecule has 0 aliphatic carbocycles. The second-order valence-corrected chi connectivity index (χ2v) is 2.55. The highest BCUT2D eigenvalue weighted by molar-refractivity contribution is 4.99. The lowest BCUT2D eigenvalue weighted by Gasteiger charge is -2.11. The SMILES string of the molecule is CCC#CCN(C)CCNC. The first kappa shape index (κ1) is 10.5. The molecule has 0 aromatic rings. The van der Waals surface area contributed by atoms with Gasteiger partial charge in [0.15, 0.2) is 0 Å². The van der Waals surface area contributed by atoms with Crippen LogP contribution in [0.3, 0.4) is 0 Å². The third kappa shape index (κ3) is 7.38. The van der Waals surface area contributed by atoms with Gasteiger partial charge in [0.2, 0.25) is 0 Å². The normalized spacial score (nSPS) is 9.45. The Labute approximate surface area is 70.0 Å². The predicted octanol–water partition coefficient (Wildman–Crippen LogP) is 0.551. The second kappa shape index (κ2) is 7.59. The predicted molar refractivity (Wildman–Crippen MR) is 49.5 cm³/mol. The van der Waals surface area contributed by atoms with E-state index in [1.54, 1.807) is 0 Å². The molecule has 11 heavy (non-hydrogen) atoms. The number of hydrogen-bond acceptors (Lipinski definition) is 2. The summed E-state index contributed by atoms with van der Waals surface area (Å²) in [6.45, 7) is 5.05. The van der Waals surface area contributed by atoms with Crippen LogP contribution in [0.2, 0.25) is 0 Å². The average molecular weight is 154 g/mol. The van der Waals surface area contributed by atoms with Crippen molar-refractivity contribution in [1.82, 2.24) is 10.2 Å². The third-order valence-electron chi connectivity index (χ3n) is 1.39. The van der Waals surface area contributed by atoms with Gasteiger partial charge in [-0.05, 0) is 14.1 Å². The van der Waals surface area contributed by atoms with E-state index in [1.165, 1.54) is 0 Å². The number of rotatable bonds is 4. The van der Waals surface area contributed by atoms with Crippen LogP contribution in [0, 0.1) is 11.8 Å². The van der Waals surface area contributed by atoms with Crippen molar-refractivity contribution in [2.45, 2.75) is 13.3 Å². The van der Waals surface area contributed by atoms with Crippen LogP contribution >= 0.6 is 0 Å². The molecule has 0 aromatic heterocycles. The molecule has 0 fully saturated rings. The van der Waals surface area contributed by atoms with Crippen LogP contribution in [0.25, 0.3) is 0 Å². The molecule has 2 nitrogen and oxygen atoms in total. The minimum absolute atomic E-state index is 0.884. The maximum absolute atomic E-state index is 3.10. The highest BCUT2D eigenvalue weighted by Gasteiger charge is 1.91. The van der Waals surface area contributed by atoms with E-state index < -0.39 is 0 Å². The number of nitrogens with zero attached hydrogens (tertiary/aromatic N) is 1. The van der Waals surface area contributed by atoms with Crippen LogP contribution in [0.15, 0.2) is 0 Å². The summed E-state index contributed by atoms with van der Waals surface area (Å²) in [5.74, 6) is 6.14. The minimum atomic E-state index is 0.884. The molecule has 0 amide bonds. The van der Waals surface area contributed by atoms with Gasteiger partial charge in [-0.3, -0.25) is 4.90 Å². The second-order valence-electron chi connectivity index (χ2n) is 2.55. The molecule has 0 rings (SSSR count). The monoisotopic (exact) mass is 154 g/mol. The Balaban J connectivity index is 3.28. The fourth-order valence-electron chi connectivity index (χ4n) is 0.698. The molecule has 0 saturated carbocycles. The topological polar surface area (TPSA) is 15.3 Å². The van der Waals surface area contributed by atoms with Gasteiger partial charge in [0.1, 0.15) is 0 Å². The molecule has 0 unspecified atom stereocenters. The number of likely N-dealkylation sites (N-methyl/N-ethyl adjacent to an activating group) is 2. The molecule has 0 spiro atoms. The Bertz CT molecular complexity index is 132. The summed E-state index contributed by atoms with van der Waals surface area (Å²) in [4.78, 5) is 2.21. The zero-order chi connectivity index (χ0) is 8.53. The van der Waals surface area contributed by atoms with Gasteiger partial charge in [0.05, 0.1) is 6.54 Å². The quantitative estimate of drug-likeness (QED) is 0.595. The fraction of sp³-hybridized carbons (Fsp3) is 0.778. The molecule has 0 heterocycles. The Morgan fingerprint density at radius 2 is 2.09 bits per heavy atom. The van der Waals surface area contributed by atoms with Gasteiger partial charge in [0.25, 0.3) is 0 Å². The molecular formula is C9H18N2. The van der Waals surface area contributed by atoms with E-state index >= 15 is 0 Å². The maximum atomic E-state index is 3.10. The summed E-state index contributed by atoms with van der Waals surface area (Å²) in [6, 6.07) is 0. The number of nitrogens with one attached hydrogen (secondary N) is 1. The largest absolute Gasteiger partial charge is 0.318 e. The first-order valence-electron chi connectivity index (χ1n) is 4.10. The molecule has 0 aliphatic rings. The summed E-state index contributed by atoms with van der Waals surface area (Å²) in [7, 11) is 4.05. The molecule has 0 bridgehead atoms. The van der Waals surface area contributed by atoms with Gasteiger partial charge in [-0.1, -0.05) is 12.8 Å². The first-order valence-corrected chi connectivity index (χ1v) is 4.10. The Morgan fingerprint density at radius 3 is 2.64 bits per heavy atom. The van der Waals surface area contributed by atoms with Crippen LogP contribution in [0.5, 0.6) is 0 Å². The van der Waals surface area contributed by atoms with Gasteiger partial charge in [-0.15, -0.1) is 5.92 Å². The van der Waals surface area contributed by atoms with Gasteiger partial charge in [0, 0.05) is 19.5 Å². The third-order valence-corrected chi connectivity index (χ3v) is 1.39. The molecule has 0 aliphatic heterocycles. The van der Waals surface area contributed by atoms with Crippen LogP contribution < -0.4 is 5.32 Å². The van der Waals surface area contributed by atoms with Gasteiger partial charge in [-0.2, -0.15) is 0 Å². The highest BCUT2D eigenvalue weighted by Crippen LogP contribution is 1.78. The maximum Gasteiger partial charge on any atom is 0.0599 e. The zero-order valence-electron chi connectivity index (χ0n) is 7.78. The summed E-state index contributed by atoms with van der Waals surface area (Å²) in [5, 5.41) is 3.10. The van der Waals surface area contributed by atoms with Gasteiger partial charge >= 0.3 is 0 Å². The van der Waals surface area contributed by atoms with Crippen molar-refractivity contribution in [3.63, 3.8) is 0 Å². The van der Waals surface area contributed by atoms with Crippen molar-refractivity contribution in [3.8, 4) is 11.8 Å². The summed E-state index contributed by atoms with van der Waals surface area (Å²) in [6.07, 6.45) is 0.958. The van der Waals surface area contributed by atoms with E-state index in [2.05, 4.69) is 36.0 Å². The molecule has 1 N–H and O–H groups in total. The van der Waals surface area contributed by atoms with Crippen molar-refractivity contribution < 1.29 is 0 Å². The van der Waals surface area contributed by atoms with E-state index in [9.17, 15) is 0 Å². The van der Waals surface area contributed by atoms with Crippen LogP contribution in [-0.2, 0) is 0 Å². The van der Waals surface area contributed by atoms with Crippen LogP contribution in [0.1, 0.15) is 13.3 Å². The van der Waals surface area contributed by atoms with Crippen molar-refractivity contribution in [1.29, 1.82) is 0 Å². The minimum Gasteiger partial charge on any atom is -0.318 e. The Hall–Kier alpha value is -0.520. The van der Waals surface area contributed by atoms with Crippen molar-refractivity contribution >= 4 is 0 Å².